The van der Waals surface area contributed by atoms with Crippen molar-refractivity contribution in [3.05, 3.63) is 58.9 Å². The molecule has 3 heterocycles. The van der Waals surface area contributed by atoms with Gasteiger partial charge in [-0.1, -0.05) is 0 Å². The molecule has 2 aromatic heterocycles. The summed E-state index contributed by atoms with van der Waals surface area (Å²) in [4.78, 5) is 19.9. The lowest BCUT2D eigenvalue weighted by Crippen LogP contribution is -2.50. The highest BCUT2D eigenvalue weighted by Gasteiger charge is 2.37. The van der Waals surface area contributed by atoms with Gasteiger partial charge in [-0.25, -0.2) is 4.79 Å². The molecule has 0 saturated carbocycles. The summed E-state index contributed by atoms with van der Waals surface area (Å²) in [7, 11) is 0. The maximum absolute atomic E-state index is 13.1. The van der Waals surface area contributed by atoms with Gasteiger partial charge in [0.2, 0.25) is 5.82 Å². The summed E-state index contributed by atoms with van der Waals surface area (Å²) in [5.41, 5.74) is -1.87. The van der Waals surface area contributed by atoms with Gasteiger partial charge in [-0.2, -0.15) is 30.7 Å². The van der Waals surface area contributed by atoms with Gasteiger partial charge in [-0.3, -0.25) is 4.98 Å². The molecule has 15 heteroatoms. The Balaban J connectivity index is 1.38. The molecule has 1 aromatic carbocycles. The van der Waals surface area contributed by atoms with E-state index in [9.17, 15) is 31.1 Å². The van der Waals surface area contributed by atoms with E-state index in [1.54, 1.807) is 6.20 Å². The maximum atomic E-state index is 13.1. The first-order valence-corrected chi connectivity index (χ1v) is 11.6. The SMILES string of the molecule is Cc1cc(COc2nsnc2N2CCN(C(=O)Nc3cc(C(F)(F)F)cc(C(F)(F)F)c3)CC2)ccn1. The van der Waals surface area contributed by atoms with E-state index in [1.807, 2.05) is 24.0 Å². The number of urea groups is 1. The van der Waals surface area contributed by atoms with E-state index in [-0.39, 0.29) is 25.8 Å². The number of carbonyl (C=O) groups is 1. The first kappa shape index (κ1) is 26.4. The molecule has 1 fully saturated rings. The van der Waals surface area contributed by atoms with Crippen LogP contribution < -0.4 is 15.0 Å². The van der Waals surface area contributed by atoms with Crippen molar-refractivity contribution < 1.29 is 35.9 Å². The van der Waals surface area contributed by atoms with Crippen LogP contribution >= 0.6 is 11.7 Å². The number of nitrogens with one attached hydrogen (secondary N) is 1. The van der Waals surface area contributed by atoms with Gasteiger partial charge in [0.1, 0.15) is 6.61 Å². The second-order valence-corrected chi connectivity index (χ2v) is 8.71. The summed E-state index contributed by atoms with van der Waals surface area (Å²) >= 11 is 0.958. The minimum absolute atomic E-state index is 0.00577. The van der Waals surface area contributed by atoms with Crippen LogP contribution in [0.25, 0.3) is 0 Å². The maximum Gasteiger partial charge on any atom is 0.416 e. The number of aromatic nitrogens is 3. The van der Waals surface area contributed by atoms with Crippen LogP contribution in [0.5, 0.6) is 5.88 Å². The zero-order valence-corrected chi connectivity index (χ0v) is 20.0. The fourth-order valence-electron chi connectivity index (χ4n) is 3.66. The van der Waals surface area contributed by atoms with Crippen molar-refractivity contribution in [3.63, 3.8) is 0 Å². The molecule has 2 amide bonds. The van der Waals surface area contributed by atoms with Gasteiger partial charge in [0.25, 0.3) is 5.88 Å². The highest BCUT2D eigenvalue weighted by atomic mass is 32.1. The molecule has 37 heavy (non-hydrogen) atoms. The van der Waals surface area contributed by atoms with E-state index < -0.39 is 35.2 Å². The van der Waals surface area contributed by atoms with Gasteiger partial charge < -0.3 is 19.9 Å². The Labute approximate surface area is 211 Å². The second-order valence-electron chi connectivity index (χ2n) is 8.19. The van der Waals surface area contributed by atoms with Gasteiger partial charge in [0, 0.05) is 43.8 Å². The number of halogens is 6. The zero-order chi connectivity index (χ0) is 26.8. The van der Waals surface area contributed by atoms with Crippen LogP contribution in [0.4, 0.5) is 42.6 Å². The molecule has 0 bridgehead atoms. The molecule has 4 rings (SSSR count). The van der Waals surface area contributed by atoms with E-state index in [4.69, 9.17) is 4.74 Å². The topological polar surface area (TPSA) is 83.5 Å². The predicted molar refractivity (Wildman–Crippen MR) is 122 cm³/mol. The Kier molecular flexibility index (Phi) is 7.43. The molecule has 0 aliphatic carbocycles. The number of hydrogen-bond acceptors (Lipinski definition) is 7. The number of aryl methyl sites for hydroxylation is 1. The number of alkyl halides is 6. The van der Waals surface area contributed by atoms with Crippen molar-refractivity contribution >= 4 is 29.3 Å². The van der Waals surface area contributed by atoms with Gasteiger partial charge >= 0.3 is 18.4 Å². The molecule has 1 aliphatic heterocycles. The summed E-state index contributed by atoms with van der Waals surface area (Å²) in [5.74, 6) is 0.810. The van der Waals surface area contributed by atoms with Crippen molar-refractivity contribution in [2.45, 2.75) is 25.9 Å². The van der Waals surface area contributed by atoms with Crippen LogP contribution in [0.3, 0.4) is 0 Å². The summed E-state index contributed by atoms with van der Waals surface area (Å²) in [6.45, 7) is 3.02. The standard InChI is InChI=1S/C22H20F6N6O2S/c1-13-8-14(2-3-29-13)12-36-19-18(31-37-32-19)33-4-6-34(7-5-33)20(35)30-17-10-15(21(23,24)25)9-16(11-17)22(26,27)28/h2-3,8-11H,4-7,12H2,1H3,(H,30,35). The molecule has 0 radical (unpaired) electrons. The molecule has 1 N–H and O–H groups in total. The summed E-state index contributed by atoms with van der Waals surface area (Å²) in [6, 6.07) is 3.82. The Morgan fingerprint density at radius 2 is 1.65 bits per heavy atom. The average Bonchev–Trinajstić information content (AvgIpc) is 3.30. The molecule has 3 aromatic rings. The monoisotopic (exact) mass is 546 g/mol. The number of benzene rings is 1. The van der Waals surface area contributed by atoms with Gasteiger partial charge in [-0.05, 0) is 42.8 Å². The number of pyridine rings is 1. The number of amides is 2. The lowest BCUT2D eigenvalue weighted by Gasteiger charge is -2.34. The van der Waals surface area contributed by atoms with E-state index in [0.717, 1.165) is 23.0 Å². The average molecular weight is 546 g/mol. The molecule has 1 saturated heterocycles. The van der Waals surface area contributed by atoms with E-state index in [2.05, 4.69) is 19.0 Å². The number of hydrogen-bond donors (Lipinski definition) is 1. The van der Waals surface area contributed by atoms with E-state index in [0.29, 0.717) is 36.9 Å². The molecular formula is C22H20F6N6O2S. The quantitative estimate of drug-likeness (QED) is 0.443. The minimum Gasteiger partial charge on any atom is -0.470 e. The van der Waals surface area contributed by atoms with E-state index in [1.165, 1.54) is 4.90 Å². The first-order valence-electron chi connectivity index (χ1n) is 10.9. The summed E-state index contributed by atoms with van der Waals surface area (Å²) < 4.78 is 92.8. The summed E-state index contributed by atoms with van der Waals surface area (Å²) in [5, 5.41) is 2.15. The van der Waals surface area contributed by atoms with E-state index >= 15 is 0 Å². The predicted octanol–water partition coefficient (Wildman–Crippen LogP) is 5.21. The van der Waals surface area contributed by atoms with Gasteiger partial charge in [-0.15, -0.1) is 4.37 Å². The van der Waals surface area contributed by atoms with Gasteiger partial charge in [0.05, 0.1) is 22.9 Å². The molecule has 1 aliphatic rings. The third-order valence-electron chi connectivity index (χ3n) is 5.48. The Hall–Kier alpha value is -3.62. The molecule has 0 unspecified atom stereocenters. The van der Waals surface area contributed by atoms with Crippen LogP contribution in [-0.4, -0.2) is 50.8 Å². The smallest absolute Gasteiger partial charge is 0.416 e. The van der Waals surface area contributed by atoms with Crippen LogP contribution in [0, 0.1) is 6.92 Å². The van der Waals surface area contributed by atoms with Gasteiger partial charge in [0.15, 0.2) is 0 Å². The lowest BCUT2D eigenvalue weighted by molar-refractivity contribution is -0.143. The van der Waals surface area contributed by atoms with Crippen LogP contribution in [-0.2, 0) is 19.0 Å². The number of anilines is 2. The number of carbonyl (C=O) groups excluding carboxylic acids is 1. The molecular weight excluding hydrogens is 526 g/mol. The molecule has 8 nitrogen and oxygen atoms in total. The van der Waals surface area contributed by atoms with Crippen molar-refractivity contribution in [2.75, 3.05) is 36.4 Å². The third kappa shape index (κ3) is 6.58. The van der Waals surface area contributed by atoms with Crippen molar-refractivity contribution in [1.29, 1.82) is 0 Å². The van der Waals surface area contributed by atoms with Crippen LogP contribution in [0.1, 0.15) is 22.4 Å². The highest BCUT2D eigenvalue weighted by molar-refractivity contribution is 6.99. The molecule has 198 valence electrons. The molecule has 0 spiro atoms. The normalized spacial score (nSPS) is 14.6. The number of nitrogens with zero attached hydrogens (tertiary/aromatic N) is 5. The lowest BCUT2D eigenvalue weighted by atomic mass is 10.1. The minimum atomic E-state index is -5.01. The molecule has 0 atom stereocenters. The van der Waals surface area contributed by atoms with Crippen molar-refractivity contribution in [1.82, 2.24) is 18.6 Å². The Morgan fingerprint density at radius 3 is 2.24 bits per heavy atom. The third-order valence-corrected chi connectivity index (χ3v) is 5.99. The van der Waals surface area contributed by atoms with Crippen LogP contribution in [0.15, 0.2) is 36.5 Å². The Bertz CT molecular complexity index is 1220. The number of piperazine rings is 1. The number of ether oxygens (including phenoxy) is 1. The largest absolute Gasteiger partial charge is 0.470 e. The zero-order valence-electron chi connectivity index (χ0n) is 19.2. The fraction of sp³-hybridized carbons (Fsp3) is 0.364. The fourth-order valence-corrected chi connectivity index (χ4v) is 4.18. The highest BCUT2D eigenvalue weighted by Crippen LogP contribution is 2.37. The summed E-state index contributed by atoms with van der Waals surface area (Å²) in [6.07, 6.45) is -8.35. The Morgan fingerprint density at radius 1 is 1.00 bits per heavy atom. The van der Waals surface area contributed by atoms with Crippen LogP contribution in [0.2, 0.25) is 0 Å². The second kappa shape index (κ2) is 10.4. The first-order chi connectivity index (χ1) is 17.4. The van der Waals surface area contributed by atoms with Crippen molar-refractivity contribution in [3.8, 4) is 5.88 Å². The number of rotatable bonds is 5. The van der Waals surface area contributed by atoms with Crippen molar-refractivity contribution in [2.24, 2.45) is 0 Å².